The van der Waals surface area contributed by atoms with Crippen molar-refractivity contribution in [2.75, 3.05) is 39.8 Å². The number of likely N-dealkylation sites (tertiary alicyclic amines) is 1. The Morgan fingerprint density at radius 2 is 2.08 bits per heavy atom. The average molecular weight is 363 g/mol. The van der Waals surface area contributed by atoms with Gasteiger partial charge in [0, 0.05) is 18.7 Å². The van der Waals surface area contributed by atoms with Crippen molar-refractivity contribution in [2.24, 2.45) is 10.9 Å². The molecule has 3 N–H and O–H groups in total. The molecule has 1 aromatic carbocycles. The first-order valence-corrected chi connectivity index (χ1v) is 9.73. The lowest BCUT2D eigenvalue weighted by atomic mass is 9.99. The summed E-state index contributed by atoms with van der Waals surface area (Å²) in [5.41, 5.74) is 0.754. The van der Waals surface area contributed by atoms with E-state index in [0.29, 0.717) is 12.3 Å². The van der Waals surface area contributed by atoms with Crippen molar-refractivity contribution in [1.82, 2.24) is 15.5 Å². The molecule has 0 saturated carbocycles. The van der Waals surface area contributed by atoms with Crippen molar-refractivity contribution >= 4 is 5.96 Å². The SMILES string of the molecule is CCNC(=NCc1cccc(OC)c1O)NCCCN1CCC(C)CC1. The molecule has 6 heteroatoms. The van der Waals surface area contributed by atoms with E-state index in [2.05, 4.69) is 34.4 Å². The highest BCUT2D eigenvalue weighted by molar-refractivity contribution is 5.79. The van der Waals surface area contributed by atoms with Gasteiger partial charge in [0.2, 0.25) is 0 Å². The summed E-state index contributed by atoms with van der Waals surface area (Å²) in [5, 5.41) is 16.8. The molecule has 0 spiro atoms. The Morgan fingerprint density at radius 3 is 2.77 bits per heavy atom. The van der Waals surface area contributed by atoms with Gasteiger partial charge in [-0.25, -0.2) is 4.99 Å². The molecule has 0 radical (unpaired) electrons. The molecule has 0 unspecified atom stereocenters. The number of hydrogen-bond acceptors (Lipinski definition) is 4. The quantitative estimate of drug-likeness (QED) is 0.377. The zero-order chi connectivity index (χ0) is 18.8. The van der Waals surface area contributed by atoms with Crippen LogP contribution in [0.2, 0.25) is 0 Å². The van der Waals surface area contributed by atoms with E-state index in [0.717, 1.165) is 43.5 Å². The summed E-state index contributed by atoms with van der Waals surface area (Å²) in [4.78, 5) is 7.14. The second kappa shape index (κ2) is 10.9. The van der Waals surface area contributed by atoms with Gasteiger partial charge >= 0.3 is 0 Å². The number of phenols is 1. The van der Waals surface area contributed by atoms with Gasteiger partial charge in [0.1, 0.15) is 0 Å². The van der Waals surface area contributed by atoms with Crippen LogP contribution in [0.5, 0.6) is 11.5 Å². The highest BCUT2D eigenvalue weighted by Gasteiger charge is 2.14. The third-order valence-corrected chi connectivity index (χ3v) is 4.87. The Bertz CT molecular complexity index is 569. The highest BCUT2D eigenvalue weighted by atomic mass is 16.5. The van der Waals surface area contributed by atoms with Crippen molar-refractivity contribution in [2.45, 2.75) is 39.7 Å². The Balaban J connectivity index is 1.79. The fourth-order valence-electron chi connectivity index (χ4n) is 3.16. The third kappa shape index (κ3) is 6.41. The lowest BCUT2D eigenvalue weighted by Gasteiger charge is -2.30. The van der Waals surface area contributed by atoms with Crippen LogP contribution in [0, 0.1) is 5.92 Å². The van der Waals surface area contributed by atoms with Crippen molar-refractivity contribution in [1.29, 1.82) is 0 Å². The number of methoxy groups -OCH3 is 1. The van der Waals surface area contributed by atoms with Crippen LogP contribution in [0.1, 0.15) is 38.7 Å². The van der Waals surface area contributed by atoms with E-state index >= 15 is 0 Å². The van der Waals surface area contributed by atoms with Crippen LogP contribution in [-0.2, 0) is 6.54 Å². The summed E-state index contributed by atoms with van der Waals surface area (Å²) in [7, 11) is 1.55. The maximum atomic E-state index is 10.2. The van der Waals surface area contributed by atoms with Crippen LogP contribution >= 0.6 is 0 Å². The summed E-state index contributed by atoms with van der Waals surface area (Å²) in [6.07, 6.45) is 3.74. The molecule has 0 aromatic heterocycles. The highest BCUT2D eigenvalue weighted by Crippen LogP contribution is 2.29. The van der Waals surface area contributed by atoms with Crippen molar-refractivity contribution < 1.29 is 9.84 Å². The number of para-hydroxylation sites is 1. The van der Waals surface area contributed by atoms with E-state index in [1.807, 2.05) is 12.1 Å². The fraction of sp³-hybridized carbons (Fsp3) is 0.650. The molecule has 1 aromatic rings. The summed E-state index contributed by atoms with van der Waals surface area (Å²) >= 11 is 0. The van der Waals surface area contributed by atoms with Gasteiger partial charge in [-0.3, -0.25) is 0 Å². The lowest BCUT2D eigenvalue weighted by Crippen LogP contribution is -2.39. The number of aliphatic imine (C=N–C) groups is 1. The molecule has 0 aliphatic carbocycles. The van der Waals surface area contributed by atoms with Crippen molar-refractivity contribution in [3.8, 4) is 11.5 Å². The summed E-state index contributed by atoms with van der Waals surface area (Å²) in [5.74, 6) is 2.30. The van der Waals surface area contributed by atoms with E-state index in [1.165, 1.54) is 25.9 Å². The fourth-order valence-corrected chi connectivity index (χ4v) is 3.16. The molecule has 1 saturated heterocycles. The predicted molar refractivity (Wildman–Crippen MR) is 107 cm³/mol. The van der Waals surface area contributed by atoms with Crippen molar-refractivity contribution in [3.63, 3.8) is 0 Å². The van der Waals surface area contributed by atoms with Gasteiger partial charge in [0.25, 0.3) is 0 Å². The number of nitrogens with one attached hydrogen (secondary N) is 2. The van der Waals surface area contributed by atoms with E-state index in [9.17, 15) is 5.11 Å². The van der Waals surface area contributed by atoms with Crippen LogP contribution < -0.4 is 15.4 Å². The minimum absolute atomic E-state index is 0.161. The first-order chi connectivity index (χ1) is 12.6. The molecule has 26 heavy (non-hydrogen) atoms. The molecule has 1 heterocycles. The Morgan fingerprint density at radius 1 is 1.31 bits per heavy atom. The summed E-state index contributed by atoms with van der Waals surface area (Å²) < 4.78 is 5.15. The number of ether oxygens (including phenoxy) is 1. The maximum Gasteiger partial charge on any atom is 0.191 e. The van der Waals surface area contributed by atoms with Crippen LogP contribution in [-0.4, -0.2) is 55.8 Å². The number of piperidine rings is 1. The van der Waals surface area contributed by atoms with Gasteiger partial charge in [0.05, 0.1) is 13.7 Å². The Labute approximate surface area is 157 Å². The summed E-state index contributed by atoms with van der Waals surface area (Å²) in [6, 6.07) is 5.47. The second-order valence-corrected chi connectivity index (χ2v) is 6.97. The number of hydrogen-bond donors (Lipinski definition) is 3. The van der Waals surface area contributed by atoms with Gasteiger partial charge in [-0.2, -0.15) is 0 Å². The molecule has 1 fully saturated rings. The topological polar surface area (TPSA) is 69.1 Å². The van der Waals surface area contributed by atoms with E-state index in [-0.39, 0.29) is 5.75 Å². The number of phenolic OH excluding ortho intramolecular Hbond substituents is 1. The van der Waals surface area contributed by atoms with Gasteiger partial charge in [-0.05, 0) is 57.8 Å². The molecular weight excluding hydrogens is 328 g/mol. The molecular formula is C20H34N4O2. The Kier molecular flexibility index (Phi) is 8.54. The number of guanidine groups is 1. The van der Waals surface area contributed by atoms with E-state index in [1.54, 1.807) is 13.2 Å². The van der Waals surface area contributed by atoms with Crippen LogP contribution in [0.3, 0.4) is 0 Å². The average Bonchev–Trinajstić information content (AvgIpc) is 2.65. The first-order valence-electron chi connectivity index (χ1n) is 9.73. The van der Waals surface area contributed by atoms with Crippen LogP contribution in [0.25, 0.3) is 0 Å². The monoisotopic (exact) mass is 362 g/mol. The molecule has 0 bridgehead atoms. The van der Waals surface area contributed by atoms with Gasteiger partial charge in [0.15, 0.2) is 17.5 Å². The van der Waals surface area contributed by atoms with Crippen LogP contribution in [0.15, 0.2) is 23.2 Å². The number of aromatic hydroxyl groups is 1. The molecule has 146 valence electrons. The summed E-state index contributed by atoms with van der Waals surface area (Å²) in [6.45, 7) is 10.1. The third-order valence-electron chi connectivity index (χ3n) is 4.87. The van der Waals surface area contributed by atoms with E-state index < -0.39 is 0 Å². The molecule has 0 amide bonds. The number of rotatable bonds is 8. The molecule has 6 nitrogen and oxygen atoms in total. The maximum absolute atomic E-state index is 10.2. The largest absolute Gasteiger partial charge is 0.504 e. The minimum Gasteiger partial charge on any atom is -0.504 e. The predicted octanol–water partition coefficient (Wildman–Crippen LogP) is 2.58. The Hall–Kier alpha value is -1.95. The smallest absolute Gasteiger partial charge is 0.191 e. The van der Waals surface area contributed by atoms with Gasteiger partial charge < -0.3 is 25.4 Å². The van der Waals surface area contributed by atoms with Crippen molar-refractivity contribution in [3.05, 3.63) is 23.8 Å². The first kappa shape index (κ1) is 20.4. The number of benzene rings is 1. The molecule has 2 rings (SSSR count). The molecule has 1 aliphatic heterocycles. The van der Waals surface area contributed by atoms with Crippen LogP contribution in [0.4, 0.5) is 0 Å². The molecule has 1 aliphatic rings. The molecule has 0 atom stereocenters. The normalized spacial score (nSPS) is 16.5. The van der Waals surface area contributed by atoms with Gasteiger partial charge in [-0.15, -0.1) is 0 Å². The lowest BCUT2D eigenvalue weighted by molar-refractivity contribution is 0.191. The van der Waals surface area contributed by atoms with Gasteiger partial charge in [-0.1, -0.05) is 19.1 Å². The van der Waals surface area contributed by atoms with E-state index in [4.69, 9.17) is 4.74 Å². The zero-order valence-corrected chi connectivity index (χ0v) is 16.4. The standard InChI is InChI=1S/C20H34N4O2/c1-4-21-20(22-11-6-12-24-13-9-16(2)10-14-24)23-15-17-7-5-8-18(26-3)19(17)25/h5,7-8,16,25H,4,6,9-15H2,1-3H3,(H2,21,22,23). The second-order valence-electron chi connectivity index (χ2n) is 6.97. The zero-order valence-electron chi connectivity index (χ0n) is 16.4. The minimum atomic E-state index is 0.161. The number of nitrogens with zero attached hydrogens (tertiary/aromatic N) is 2.